The molecule has 3 heteroatoms. The number of benzene rings is 1. The first-order valence-corrected chi connectivity index (χ1v) is 4.19. The number of aryl methyl sites for hydroxylation is 1. The van der Waals surface area contributed by atoms with Crippen LogP contribution < -0.4 is 5.32 Å². The van der Waals surface area contributed by atoms with Gasteiger partial charge in [-0.2, -0.15) is 0 Å². The lowest BCUT2D eigenvalue weighted by Crippen LogP contribution is -2.18. The van der Waals surface area contributed by atoms with E-state index in [1.807, 2.05) is 0 Å². The van der Waals surface area contributed by atoms with Gasteiger partial charge in [-0.25, -0.2) is 4.39 Å². The predicted molar refractivity (Wildman–Crippen MR) is 47.0 cm³/mol. The zero-order chi connectivity index (χ0) is 9.26. The highest BCUT2D eigenvalue weighted by Crippen LogP contribution is 2.23. The molecular formula is C10H9FNO. The standard InChI is InChI=1S/C10H9FNO/c11-6-7-1-2-8-3-4-10(13)12-9(8)5-7/h2,5H,3-4,6H2,(H,12,13). The van der Waals surface area contributed by atoms with Crippen LogP contribution in [-0.2, 0) is 17.9 Å². The highest BCUT2D eigenvalue weighted by Gasteiger charge is 2.14. The van der Waals surface area contributed by atoms with Crippen molar-refractivity contribution in [2.24, 2.45) is 0 Å². The average Bonchev–Trinajstić information content (AvgIpc) is 2.16. The van der Waals surface area contributed by atoms with Crippen LogP contribution in [0.3, 0.4) is 0 Å². The molecule has 0 atom stereocenters. The first kappa shape index (κ1) is 8.23. The molecule has 0 spiro atoms. The van der Waals surface area contributed by atoms with Crippen molar-refractivity contribution in [2.45, 2.75) is 19.5 Å². The fourth-order valence-electron chi connectivity index (χ4n) is 1.43. The Labute approximate surface area is 75.8 Å². The Morgan fingerprint density at radius 1 is 1.54 bits per heavy atom. The van der Waals surface area contributed by atoms with Crippen LogP contribution in [0.2, 0.25) is 0 Å². The van der Waals surface area contributed by atoms with Gasteiger partial charge in [0.25, 0.3) is 0 Å². The fraction of sp³-hybridized carbons (Fsp3) is 0.300. The van der Waals surface area contributed by atoms with Gasteiger partial charge in [0.1, 0.15) is 6.67 Å². The summed E-state index contributed by atoms with van der Waals surface area (Å²) in [4.78, 5) is 11.0. The van der Waals surface area contributed by atoms with E-state index in [-0.39, 0.29) is 5.91 Å². The fourth-order valence-corrected chi connectivity index (χ4v) is 1.43. The molecule has 0 bridgehead atoms. The summed E-state index contributed by atoms with van der Waals surface area (Å²) in [5.41, 5.74) is 2.26. The molecule has 0 aliphatic carbocycles. The molecule has 13 heavy (non-hydrogen) atoms. The third kappa shape index (κ3) is 1.54. The second-order valence-electron chi connectivity index (χ2n) is 3.08. The Hall–Kier alpha value is -1.38. The van der Waals surface area contributed by atoms with Gasteiger partial charge in [0, 0.05) is 12.1 Å². The number of hydrogen-bond donors (Lipinski definition) is 1. The number of fused-ring (bicyclic) bond motifs is 1. The Bertz CT molecular complexity index is 349. The van der Waals surface area contributed by atoms with Gasteiger partial charge >= 0.3 is 0 Å². The number of alkyl halides is 1. The molecule has 0 saturated carbocycles. The maximum absolute atomic E-state index is 12.2. The van der Waals surface area contributed by atoms with E-state index in [0.29, 0.717) is 12.0 Å². The van der Waals surface area contributed by atoms with Gasteiger partial charge in [-0.3, -0.25) is 4.79 Å². The number of hydrogen-bond acceptors (Lipinski definition) is 1. The van der Waals surface area contributed by atoms with Crippen LogP contribution in [-0.4, -0.2) is 5.91 Å². The highest BCUT2D eigenvalue weighted by molar-refractivity contribution is 5.93. The van der Waals surface area contributed by atoms with Crippen LogP contribution in [0, 0.1) is 6.07 Å². The van der Waals surface area contributed by atoms with E-state index in [1.165, 1.54) is 0 Å². The summed E-state index contributed by atoms with van der Waals surface area (Å²) in [6.07, 6.45) is 1.24. The normalized spacial score (nSPS) is 15.0. The predicted octanol–water partition coefficient (Wildman–Crippen LogP) is 1.84. The monoisotopic (exact) mass is 178 g/mol. The molecule has 67 valence electrons. The van der Waals surface area contributed by atoms with Crippen molar-refractivity contribution in [1.29, 1.82) is 0 Å². The SMILES string of the molecule is O=C1CCc2c[c]c(CF)cc2N1. The van der Waals surface area contributed by atoms with Crippen molar-refractivity contribution in [1.82, 2.24) is 0 Å². The van der Waals surface area contributed by atoms with Crippen LogP contribution in [0.15, 0.2) is 12.1 Å². The maximum atomic E-state index is 12.2. The molecule has 1 aromatic carbocycles. The van der Waals surface area contributed by atoms with E-state index in [9.17, 15) is 9.18 Å². The first-order valence-electron chi connectivity index (χ1n) is 4.19. The summed E-state index contributed by atoms with van der Waals surface area (Å²) in [5, 5.41) is 2.71. The van der Waals surface area contributed by atoms with Crippen molar-refractivity contribution < 1.29 is 9.18 Å². The number of carbonyl (C=O) groups excluding carboxylic acids is 1. The van der Waals surface area contributed by atoms with Crippen molar-refractivity contribution in [3.8, 4) is 0 Å². The van der Waals surface area contributed by atoms with Crippen LogP contribution in [0.1, 0.15) is 17.5 Å². The van der Waals surface area contributed by atoms with Crippen molar-refractivity contribution >= 4 is 11.6 Å². The van der Waals surface area contributed by atoms with Crippen LogP contribution in [0.5, 0.6) is 0 Å². The van der Waals surface area contributed by atoms with Gasteiger partial charge in [-0.1, -0.05) is 0 Å². The average molecular weight is 178 g/mol. The molecule has 0 aromatic heterocycles. The first-order chi connectivity index (χ1) is 6.29. The van der Waals surface area contributed by atoms with Gasteiger partial charge in [0.2, 0.25) is 5.91 Å². The van der Waals surface area contributed by atoms with E-state index in [2.05, 4.69) is 11.4 Å². The third-order valence-corrected chi connectivity index (χ3v) is 2.14. The molecule has 0 fully saturated rings. The molecule has 0 saturated heterocycles. The summed E-state index contributed by atoms with van der Waals surface area (Å²) < 4.78 is 12.2. The molecule has 1 aromatic rings. The summed E-state index contributed by atoms with van der Waals surface area (Å²) in [6.45, 7) is -0.539. The van der Waals surface area contributed by atoms with Gasteiger partial charge in [0.05, 0.1) is 0 Å². The molecule has 0 unspecified atom stereocenters. The van der Waals surface area contributed by atoms with E-state index >= 15 is 0 Å². The van der Waals surface area contributed by atoms with Gasteiger partial charge in [-0.05, 0) is 35.7 Å². The quantitative estimate of drug-likeness (QED) is 0.698. The van der Waals surface area contributed by atoms with E-state index in [0.717, 1.165) is 17.7 Å². The van der Waals surface area contributed by atoms with Gasteiger partial charge < -0.3 is 5.32 Å². The summed E-state index contributed by atoms with van der Waals surface area (Å²) in [5.74, 6) is 0.00325. The minimum atomic E-state index is -0.539. The Balaban J connectivity index is 2.38. The molecule has 1 aliphatic heterocycles. The molecule has 1 heterocycles. The summed E-state index contributed by atoms with van der Waals surface area (Å²) >= 11 is 0. The summed E-state index contributed by atoms with van der Waals surface area (Å²) in [7, 11) is 0. The Kier molecular flexibility index (Phi) is 2.00. The number of halogens is 1. The van der Waals surface area contributed by atoms with E-state index in [4.69, 9.17) is 0 Å². The lowest BCUT2D eigenvalue weighted by atomic mass is 10.0. The van der Waals surface area contributed by atoms with Crippen molar-refractivity contribution in [3.63, 3.8) is 0 Å². The Morgan fingerprint density at radius 3 is 3.15 bits per heavy atom. The highest BCUT2D eigenvalue weighted by atomic mass is 19.1. The Morgan fingerprint density at radius 2 is 2.38 bits per heavy atom. The molecule has 1 amide bonds. The zero-order valence-corrected chi connectivity index (χ0v) is 7.06. The smallest absolute Gasteiger partial charge is 0.224 e. The van der Waals surface area contributed by atoms with Crippen molar-refractivity contribution in [2.75, 3.05) is 5.32 Å². The van der Waals surface area contributed by atoms with E-state index < -0.39 is 6.67 Å². The lowest BCUT2D eigenvalue weighted by Gasteiger charge is -2.16. The molecule has 1 N–H and O–H groups in total. The maximum Gasteiger partial charge on any atom is 0.224 e. The molecule has 1 radical (unpaired) electrons. The number of nitrogens with one attached hydrogen (secondary N) is 1. The minimum absolute atomic E-state index is 0.00325. The molecule has 2 nitrogen and oxygen atoms in total. The number of carbonyl (C=O) groups is 1. The second kappa shape index (κ2) is 3.17. The van der Waals surface area contributed by atoms with Gasteiger partial charge in [0.15, 0.2) is 0 Å². The van der Waals surface area contributed by atoms with Crippen LogP contribution in [0.4, 0.5) is 10.1 Å². The largest absolute Gasteiger partial charge is 0.326 e. The zero-order valence-electron chi connectivity index (χ0n) is 7.06. The topological polar surface area (TPSA) is 29.1 Å². The number of rotatable bonds is 1. The minimum Gasteiger partial charge on any atom is -0.326 e. The number of anilines is 1. The second-order valence-corrected chi connectivity index (χ2v) is 3.08. The molecule has 2 rings (SSSR count). The lowest BCUT2D eigenvalue weighted by molar-refractivity contribution is -0.116. The van der Waals surface area contributed by atoms with E-state index in [1.54, 1.807) is 12.1 Å². The van der Waals surface area contributed by atoms with Crippen molar-refractivity contribution in [3.05, 3.63) is 29.3 Å². The number of amides is 1. The van der Waals surface area contributed by atoms with Crippen LogP contribution >= 0.6 is 0 Å². The summed E-state index contributed by atoms with van der Waals surface area (Å²) in [6, 6.07) is 6.23. The molecular weight excluding hydrogens is 169 g/mol. The molecule has 1 aliphatic rings. The van der Waals surface area contributed by atoms with Gasteiger partial charge in [-0.15, -0.1) is 0 Å². The third-order valence-electron chi connectivity index (χ3n) is 2.14. The van der Waals surface area contributed by atoms with Crippen LogP contribution in [0.25, 0.3) is 0 Å².